The lowest BCUT2D eigenvalue weighted by Crippen LogP contribution is -2.59. The highest BCUT2D eigenvalue weighted by Gasteiger charge is 2.33. The van der Waals surface area contributed by atoms with Crippen LogP contribution in [-0.4, -0.2) is 259 Å². The second-order valence-corrected chi connectivity index (χ2v) is 37.7. The van der Waals surface area contributed by atoms with Gasteiger partial charge in [0, 0.05) is 168 Å². The zero-order chi connectivity index (χ0) is 64.8. The zero-order valence-corrected chi connectivity index (χ0v) is 62.8. The monoisotopic (exact) mass is 1250 g/mol. The summed E-state index contributed by atoms with van der Waals surface area (Å²) >= 11 is 2.07. The van der Waals surface area contributed by atoms with E-state index >= 15 is 0 Å². The van der Waals surface area contributed by atoms with E-state index in [9.17, 15) is 12.6 Å². The number of aromatic nitrogens is 2. The Morgan fingerprint density at radius 2 is 0.762 bits per heavy atom. The van der Waals surface area contributed by atoms with E-state index in [1.54, 1.807) is 6.20 Å². The maximum atomic E-state index is 11.1. The Bertz CT molecular complexity index is 1890. The van der Waals surface area contributed by atoms with Crippen LogP contribution in [0.1, 0.15) is 212 Å². The maximum absolute atomic E-state index is 11.1. The molecule has 1 aromatic rings. The van der Waals surface area contributed by atoms with Crippen LogP contribution in [-0.2, 0) is 30.9 Å². The molecular weight excluding hydrogens is 1110 g/mol. The lowest BCUT2D eigenvalue weighted by molar-refractivity contribution is -0.00389. The molecule has 14 nitrogen and oxygen atoms in total. The van der Waals surface area contributed by atoms with Gasteiger partial charge in [0.25, 0.3) is 0 Å². The fourth-order valence-corrected chi connectivity index (χ4v) is 13.9. The second kappa shape index (κ2) is 36.4. The predicted octanol–water partition coefficient (Wildman–Crippen LogP) is 11.9. The van der Waals surface area contributed by atoms with Crippen molar-refractivity contribution in [1.29, 1.82) is 0 Å². The molecule has 7 aliphatic heterocycles. The van der Waals surface area contributed by atoms with E-state index in [-0.39, 0.29) is 16.6 Å². The van der Waals surface area contributed by atoms with Gasteiger partial charge in [0.15, 0.2) is 9.84 Å². The van der Waals surface area contributed by atoms with Crippen molar-refractivity contribution in [2.24, 2.45) is 0 Å². The molecule has 0 aliphatic carbocycles. The van der Waals surface area contributed by atoms with E-state index in [1.165, 1.54) is 96.0 Å². The van der Waals surface area contributed by atoms with Gasteiger partial charge in [-0.2, -0.15) is 11.8 Å². The molecule has 8 heterocycles. The number of imidazole rings is 1. The van der Waals surface area contributed by atoms with E-state index in [0.717, 1.165) is 50.9 Å². The molecule has 0 saturated carbocycles. The molecule has 7 fully saturated rings. The smallest absolute Gasteiger partial charge is 0.152 e. The number of rotatable bonds is 0. The molecule has 17 heteroatoms. The molecule has 0 bridgehead atoms. The van der Waals surface area contributed by atoms with Crippen LogP contribution in [0, 0.1) is 0 Å². The maximum Gasteiger partial charge on any atom is 0.152 e. The number of thioether (sulfide) groups is 1. The SMILES string of the molecule is CC(C)(C)N1CCCC1.CC(C)(C)N1CCCCC1.CC(C)(C)N1CCOCC1.CC(C)(C)N1CCS(=O)(=O)CC1.CC(C)(C)N1CCS(=O)CC1.CC(C)(C)N1CCSCC1.CC(C)(C)n1ccnc1.CC1CN(C(C)(C)C)CC(C)N1C. The summed E-state index contributed by atoms with van der Waals surface area (Å²) in [5.41, 5.74) is 2.39. The first-order chi connectivity index (χ1) is 38.2. The standard InChI is InChI=1S/C11H24N2.C9H19N.C8H17NO2S.C8H17NOS.C8H17NO.C8H17NS.C8H17N.C7H12N2/c1-9-7-13(11(3,4)5)8-10(2)12(9)6;1-9(2,3)10-7-5-4-6-8-10;1-8(2,3)9-4-6-12(10,11)7-5-9;1-8(2,3)9-4-6-11(10)7-5-9;2*1-8(2,3)9-4-6-10-7-5-9;1-8(2,3)9-6-4-5-7-9;1-7(2,3)9-5-4-8-6-9/h9-10H,7-8H2,1-6H3;4-8H2,1-3H3;4-7H2,1-3H3;4-7H2,1-3H3;2*4-7H2,1-3H3;4-7H2,1-3H3;4-6H,1-3H3. The first-order valence-corrected chi connectivity index (χ1v) is 37.3. The first kappa shape index (κ1) is 81.3. The van der Waals surface area contributed by atoms with Crippen LogP contribution in [0.3, 0.4) is 0 Å². The molecular formula is C67H140N10O4S3. The van der Waals surface area contributed by atoms with Crippen molar-refractivity contribution in [3.05, 3.63) is 18.7 Å². The molecule has 7 aliphatic rings. The van der Waals surface area contributed by atoms with Crippen molar-refractivity contribution >= 4 is 32.4 Å². The van der Waals surface area contributed by atoms with Gasteiger partial charge in [-0.3, -0.25) is 43.4 Å². The fraction of sp³-hybridized carbons (Fsp3) is 0.955. The van der Waals surface area contributed by atoms with Gasteiger partial charge in [-0.25, -0.2) is 13.4 Å². The summed E-state index contributed by atoms with van der Waals surface area (Å²) in [7, 11) is -1.02. The van der Waals surface area contributed by atoms with Gasteiger partial charge in [-0.15, -0.1) is 0 Å². The molecule has 1 aromatic heterocycles. The van der Waals surface area contributed by atoms with Crippen molar-refractivity contribution in [2.45, 2.75) is 269 Å². The van der Waals surface area contributed by atoms with Gasteiger partial charge < -0.3 is 9.30 Å². The molecule has 0 spiro atoms. The van der Waals surface area contributed by atoms with Crippen LogP contribution in [0.15, 0.2) is 18.7 Å². The summed E-state index contributed by atoms with van der Waals surface area (Å²) in [6, 6.07) is 1.37. The number of likely N-dealkylation sites (N-methyl/N-ethyl adjacent to an activating group) is 1. The average Bonchev–Trinajstić information content (AvgIpc) is 4.19. The lowest BCUT2D eigenvalue weighted by Gasteiger charge is -2.48. The van der Waals surface area contributed by atoms with Crippen LogP contribution in [0.25, 0.3) is 0 Å². The number of sulfone groups is 1. The van der Waals surface area contributed by atoms with Crippen LogP contribution in [0.5, 0.6) is 0 Å². The highest BCUT2D eigenvalue weighted by Crippen LogP contribution is 2.24. The van der Waals surface area contributed by atoms with Gasteiger partial charge >= 0.3 is 0 Å². The molecule has 7 saturated heterocycles. The predicted molar refractivity (Wildman–Crippen MR) is 371 cm³/mol. The molecule has 2 unspecified atom stereocenters. The van der Waals surface area contributed by atoms with Crippen molar-refractivity contribution in [3.63, 3.8) is 0 Å². The van der Waals surface area contributed by atoms with E-state index < -0.39 is 20.6 Å². The molecule has 0 radical (unpaired) electrons. The Morgan fingerprint density at radius 3 is 1.05 bits per heavy atom. The number of morpholine rings is 1. The third-order valence-corrected chi connectivity index (χ3v) is 21.1. The minimum absolute atomic E-state index is 0.107. The van der Waals surface area contributed by atoms with Crippen LogP contribution in [0.4, 0.5) is 0 Å². The van der Waals surface area contributed by atoms with Gasteiger partial charge in [0.1, 0.15) is 0 Å². The van der Waals surface area contributed by atoms with E-state index in [4.69, 9.17) is 4.74 Å². The summed E-state index contributed by atoms with van der Waals surface area (Å²) in [6.07, 6.45) is 12.6. The average molecular weight is 1250 g/mol. The summed E-state index contributed by atoms with van der Waals surface area (Å²) < 4.78 is 40.5. The number of likely N-dealkylation sites (tertiary alicyclic amines) is 2. The van der Waals surface area contributed by atoms with E-state index in [2.05, 4.69) is 248 Å². The van der Waals surface area contributed by atoms with E-state index in [0.29, 0.717) is 64.4 Å². The Balaban J connectivity index is 0.000000481. The number of hydrogen-bond donors (Lipinski definition) is 0. The van der Waals surface area contributed by atoms with Crippen LogP contribution >= 0.6 is 11.8 Å². The van der Waals surface area contributed by atoms with Gasteiger partial charge in [-0.1, -0.05) is 6.42 Å². The van der Waals surface area contributed by atoms with E-state index in [1.807, 2.05) is 12.5 Å². The van der Waals surface area contributed by atoms with Crippen LogP contribution in [0.2, 0.25) is 0 Å². The topological polar surface area (TPSA) is 104 Å². The molecule has 8 rings (SSSR count). The zero-order valence-electron chi connectivity index (χ0n) is 60.3. The lowest BCUT2D eigenvalue weighted by atomic mass is 10.00. The number of nitrogens with zero attached hydrogens (tertiary/aromatic N) is 10. The quantitative estimate of drug-likeness (QED) is 0.246. The third kappa shape index (κ3) is 34.5. The molecule has 0 aromatic carbocycles. The Labute approximate surface area is 529 Å². The number of hydrogen-bond acceptors (Lipinski definition) is 14. The number of ether oxygens (including phenoxy) is 1. The summed E-state index contributed by atoms with van der Waals surface area (Å²) in [5, 5.41) is 0. The molecule has 0 N–H and O–H groups in total. The first-order valence-electron chi connectivity index (χ1n) is 32.8. The molecule has 84 heavy (non-hydrogen) atoms. The second-order valence-electron chi connectivity index (χ2n) is 32.5. The minimum Gasteiger partial charge on any atom is -0.379 e. The Kier molecular flexibility index (Phi) is 35.2. The van der Waals surface area contributed by atoms with Crippen molar-refractivity contribution in [2.75, 3.05) is 146 Å². The molecule has 2 atom stereocenters. The summed E-state index contributed by atoms with van der Waals surface area (Å²) in [4.78, 5) is 23.8. The van der Waals surface area contributed by atoms with Crippen molar-refractivity contribution in [3.8, 4) is 0 Å². The highest BCUT2D eigenvalue weighted by molar-refractivity contribution is 7.99. The fourth-order valence-electron chi connectivity index (χ4n) is 10.7. The largest absolute Gasteiger partial charge is 0.379 e. The third-order valence-electron chi connectivity index (χ3n) is 17.3. The summed E-state index contributed by atoms with van der Waals surface area (Å²) in [6.45, 7) is 75.9. The highest BCUT2D eigenvalue weighted by atomic mass is 32.2. The summed E-state index contributed by atoms with van der Waals surface area (Å²) in [5.74, 6) is 5.00. The van der Waals surface area contributed by atoms with Crippen LogP contribution < -0.4 is 0 Å². The number of piperidine rings is 1. The van der Waals surface area contributed by atoms with Gasteiger partial charge in [-0.05, 0) is 239 Å². The van der Waals surface area contributed by atoms with Crippen molar-refractivity contribution in [1.82, 2.24) is 48.8 Å². The van der Waals surface area contributed by atoms with Crippen molar-refractivity contribution < 1.29 is 17.4 Å². The minimum atomic E-state index is -2.72. The Hall–Kier alpha value is -0.700. The van der Waals surface area contributed by atoms with Gasteiger partial charge in [0.05, 0.1) is 31.0 Å². The molecule has 500 valence electrons. The van der Waals surface area contributed by atoms with Gasteiger partial charge in [0.2, 0.25) is 0 Å². The number of piperazine rings is 1. The Morgan fingerprint density at radius 1 is 0.440 bits per heavy atom. The normalized spacial score (nSPS) is 24.0. The molecule has 0 amide bonds.